The number of aromatic nitrogens is 2. The minimum Gasteiger partial charge on any atom is -0.462 e. The van der Waals surface area contributed by atoms with Gasteiger partial charge in [0.05, 0.1) is 12.7 Å². The summed E-state index contributed by atoms with van der Waals surface area (Å²) in [5.74, 6) is -0.560. The molecule has 0 bridgehead atoms. The number of aliphatic hydroxyl groups excluding tert-OH is 1. The average Bonchev–Trinajstić information content (AvgIpc) is 3.01. The van der Waals surface area contributed by atoms with Gasteiger partial charge in [-0.05, 0) is 39.8 Å². The molecule has 2 heterocycles. The number of esters is 1. The number of hydrogen-bond acceptors (Lipinski definition) is 9. The van der Waals surface area contributed by atoms with E-state index in [-0.39, 0.29) is 5.75 Å². The van der Waals surface area contributed by atoms with Gasteiger partial charge in [-0.2, -0.15) is 5.09 Å². The molecule has 1 aliphatic rings. The lowest BCUT2D eigenvalue weighted by atomic mass is 9.98. The Balaban J connectivity index is 1.80. The van der Waals surface area contributed by atoms with Gasteiger partial charge in [0.2, 0.25) is 0 Å². The van der Waals surface area contributed by atoms with Gasteiger partial charge < -0.3 is 19.1 Å². The van der Waals surface area contributed by atoms with Crippen molar-refractivity contribution in [1.82, 2.24) is 14.6 Å². The molecule has 0 saturated carbocycles. The van der Waals surface area contributed by atoms with E-state index in [0.29, 0.717) is 0 Å². The van der Waals surface area contributed by atoms with Crippen LogP contribution in [-0.2, 0) is 23.4 Å². The number of benzene rings is 1. The van der Waals surface area contributed by atoms with Gasteiger partial charge >= 0.3 is 19.4 Å². The summed E-state index contributed by atoms with van der Waals surface area (Å²) in [5.41, 5.74) is -4.12. The first-order valence-electron chi connectivity index (χ1n) is 11.1. The number of aliphatic hydroxyl groups is 1. The van der Waals surface area contributed by atoms with Crippen molar-refractivity contribution in [2.45, 2.75) is 63.9 Å². The SMILES string of the molecule is CC(C)OC(=O)[C@H](C)NP(=O)(OC[C@H]1O[C@@H](n2ccc(=O)[nH]c2=O)[C@@](C)(F)C1O)Oc1ccccc1. The minimum atomic E-state index is -4.30. The van der Waals surface area contributed by atoms with E-state index in [4.69, 9.17) is 18.5 Å². The Bertz CT molecular complexity index is 1220. The van der Waals surface area contributed by atoms with Gasteiger partial charge in [-0.1, -0.05) is 18.2 Å². The Morgan fingerprint density at radius 3 is 2.56 bits per heavy atom. The van der Waals surface area contributed by atoms with Crippen LogP contribution in [0.2, 0.25) is 0 Å². The number of carbonyl (C=O) groups excluding carboxylic acids is 1. The number of nitrogens with zero attached hydrogens (tertiary/aromatic N) is 1. The molecule has 0 radical (unpaired) electrons. The first kappa shape index (κ1) is 27.8. The number of H-pyrrole nitrogens is 1. The van der Waals surface area contributed by atoms with E-state index in [2.05, 4.69) is 5.09 Å². The molecule has 0 aliphatic carbocycles. The van der Waals surface area contributed by atoms with Crippen molar-refractivity contribution >= 4 is 13.7 Å². The average molecular weight is 529 g/mol. The summed E-state index contributed by atoms with van der Waals surface area (Å²) in [4.78, 5) is 37.7. The molecule has 1 aliphatic heterocycles. The van der Waals surface area contributed by atoms with E-state index in [1.165, 1.54) is 19.1 Å². The summed E-state index contributed by atoms with van der Waals surface area (Å²) < 4.78 is 51.4. The van der Waals surface area contributed by atoms with Crippen LogP contribution in [0.15, 0.2) is 52.2 Å². The summed E-state index contributed by atoms with van der Waals surface area (Å²) >= 11 is 0. The second-order valence-electron chi connectivity index (χ2n) is 8.67. The first-order valence-corrected chi connectivity index (χ1v) is 12.7. The van der Waals surface area contributed by atoms with Crippen LogP contribution in [0.25, 0.3) is 0 Å². The lowest BCUT2D eigenvalue weighted by Crippen LogP contribution is -2.43. The smallest absolute Gasteiger partial charge is 0.459 e. The van der Waals surface area contributed by atoms with Gasteiger partial charge in [0.25, 0.3) is 5.56 Å². The number of hydrogen-bond donors (Lipinski definition) is 3. The van der Waals surface area contributed by atoms with Crippen LogP contribution in [0.4, 0.5) is 4.39 Å². The number of halogens is 1. The molecule has 1 saturated heterocycles. The number of nitrogens with one attached hydrogen (secondary N) is 2. The van der Waals surface area contributed by atoms with E-state index in [9.17, 15) is 24.1 Å². The van der Waals surface area contributed by atoms with Crippen molar-refractivity contribution < 1.29 is 37.4 Å². The molecule has 2 aromatic rings. The highest BCUT2D eigenvalue weighted by molar-refractivity contribution is 7.52. The van der Waals surface area contributed by atoms with Crippen molar-refractivity contribution in [1.29, 1.82) is 0 Å². The second kappa shape index (κ2) is 11.1. The Kier molecular flexibility index (Phi) is 8.52. The zero-order chi connectivity index (χ0) is 26.7. The third-order valence-corrected chi connectivity index (χ3v) is 6.90. The Morgan fingerprint density at radius 1 is 1.28 bits per heavy atom. The number of alkyl halides is 1. The Labute approximate surface area is 205 Å². The fraction of sp³-hybridized carbons (Fsp3) is 0.500. The maximum atomic E-state index is 15.4. The molecular weight excluding hydrogens is 500 g/mol. The summed E-state index contributed by atoms with van der Waals surface area (Å²) in [7, 11) is -4.30. The van der Waals surface area contributed by atoms with Gasteiger partial charge in [0.1, 0.15) is 24.0 Å². The monoisotopic (exact) mass is 529 g/mol. The molecule has 3 rings (SSSR count). The van der Waals surface area contributed by atoms with Crippen LogP contribution in [-0.4, -0.2) is 57.3 Å². The molecule has 1 aromatic carbocycles. The van der Waals surface area contributed by atoms with Crippen LogP contribution < -0.4 is 20.9 Å². The molecule has 6 atom stereocenters. The summed E-state index contributed by atoms with van der Waals surface area (Å²) in [6.45, 7) is 5.07. The molecule has 3 N–H and O–H groups in total. The molecule has 36 heavy (non-hydrogen) atoms. The lowest BCUT2D eigenvalue weighted by Gasteiger charge is -2.25. The summed E-state index contributed by atoms with van der Waals surface area (Å²) in [6.07, 6.45) is -4.21. The third kappa shape index (κ3) is 6.48. The number of rotatable bonds is 10. The second-order valence-corrected chi connectivity index (χ2v) is 10.4. The molecule has 198 valence electrons. The van der Waals surface area contributed by atoms with Crippen LogP contribution in [0.1, 0.15) is 33.9 Å². The van der Waals surface area contributed by atoms with Gasteiger partial charge in [0.15, 0.2) is 11.9 Å². The summed E-state index contributed by atoms with van der Waals surface area (Å²) in [6, 6.07) is 7.86. The van der Waals surface area contributed by atoms with Gasteiger partial charge in [-0.3, -0.25) is 23.7 Å². The van der Waals surface area contributed by atoms with Crippen molar-refractivity contribution in [3.63, 3.8) is 0 Å². The molecule has 1 aromatic heterocycles. The fourth-order valence-corrected chi connectivity index (χ4v) is 4.97. The molecule has 0 amide bonds. The minimum absolute atomic E-state index is 0.152. The summed E-state index contributed by atoms with van der Waals surface area (Å²) in [5, 5.41) is 13.0. The van der Waals surface area contributed by atoms with E-state index in [1.54, 1.807) is 32.0 Å². The van der Waals surface area contributed by atoms with Crippen molar-refractivity contribution in [2.75, 3.05) is 6.61 Å². The Morgan fingerprint density at radius 2 is 1.94 bits per heavy atom. The van der Waals surface area contributed by atoms with Crippen molar-refractivity contribution in [3.05, 3.63) is 63.4 Å². The van der Waals surface area contributed by atoms with Crippen molar-refractivity contribution in [2.24, 2.45) is 0 Å². The number of carbonyl (C=O) groups is 1. The predicted molar refractivity (Wildman–Crippen MR) is 125 cm³/mol. The van der Waals surface area contributed by atoms with E-state index in [0.717, 1.165) is 23.8 Å². The lowest BCUT2D eigenvalue weighted by molar-refractivity contribution is -0.149. The Hall–Kier alpha value is -2.83. The van der Waals surface area contributed by atoms with Crippen LogP contribution >= 0.6 is 7.75 Å². The van der Waals surface area contributed by atoms with Gasteiger partial charge in [0, 0.05) is 12.3 Å². The number of ether oxygens (including phenoxy) is 2. The zero-order valence-corrected chi connectivity index (χ0v) is 21.0. The van der Waals surface area contributed by atoms with Gasteiger partial charge in [-0.25, -0.2) is 13.8 Å². The highest BCUT2D eigenvalue weighted by Gasteiger charge is 2.55. The predicted octanol–water partition coefficient (Wildman–Crippen LogP) is 1.66. The van der Waals surface area contributed by atoms with Crippen molar-refractivity contribution in [3.8, 4) is 5.75 Å². The number of para-hydroxylation sites is 1. The molecular formula is C22H29FN3O9P. The highest BCUT2D eigenvalue weighted by Crippen LogP contribution is 2.47. The highest BCUT2D eigenvalue weighted by atomic mass is 31.2. The number of aromatic amines is 1. The zero-order valence-electron chi connectivity index (χ0n) is 20.1. The normalized spacial score (nSPS) is 26.4. The largest absolute Gasteiger partial charge is 0.462 e. The maximum absolute atomic E-state index is 15.4. The molecule has 14 heteroatoms. The molecule has 0 spiro atoms. The quantitative estimate of drug-likeness (QED) is 0.305. The molecule has 2 unspecified atom stereocenters. The van der Waals surface area contributed by atoms with E-state index >= 15 is 4.39 Å². The van der Waals surface area contributed by atoms with E-state index < -0.39 is 67.8 Å². The van der Waals surface area contributed by atoms with Crippen LogP contribution in [0, 0.1) is 0 Å². The van der Waals surface area contributed by atoms with E-state index in [1.807, 2.05) is 4.98 Å². The third-order valence-electron chi connectivity index (χ3n) is 5.26. The molecule has 12 nitrogen and oxygen atoms in total. The first-order chi connectivity index (χ1) is 16.8. The maximum Gasteiger partial charge on any atom is 0.459 e. The van der Waals surface area contributed by atoms with Crippen LogP contribution in [0.3, 0.4) is 0 Å². The van der Waals surface area contributed by atoms with Gasteiger partial charge in [-0.15, -0.1) is 0 Å². The fourth-order valence-electron chi connectivity index (χ4n) is 3.47. The molecule has 1 fully saturated rings. The topological polar surface area (TPSA) is 158 Å². The standard InChI is InChI=1S/C22H29FN3O9P/c1-13(2)33-19(29)14(3)25-36(31,35-15-8-6-5-7-9-15)32-12-16-18(28)22(4,23)20(34-16)26-11-10-17(27)24-21(26)30/h5-11,13-14,16,18,20,28H,12H2,1-4H3,(H,25,31)(H,24,27,30)/t14-,16+,18?,20+,22-,36?/m0/s1. The van der Waals surface area contributed by atoms with Crippen LogP contribution in [0.5, 0.6) is 5.75 Å².